The maximum atomic E-state index is 12.9. The van der Waals surface area contributed by atoms with Crippen molar-refractivity contribution in [2.75, 3.05) is 26.7 Å². The maximum Gasteiger partial charge on any atom is 0.109 e. The number of hydrogen-bond acceptors (Lipinski definition) is 1. The first kappa shape index (κ1) is 30.7. The fourth-order valence-corrected chi connectivity index (χ4v) is 9.26. The second-order valence-corrected chi connectivity index (χ2v) is 20.9. The summed E-state index contributed by atoms with van der Waals surface area (Å²) in [5.41, 5.74) is 7.35. The highest BCUT2D eigenvalue weighted by Crippen LogP contribution is 2.50. The van der Waals surface area contributed by atoms with Gasteiger partial charge in [-0.2, -0.15) is 0 Å². The second-order valence-electron chi connectivity index (χ2n) is 13.8. The molecular formula is C45H38OP2. The van der Waals surface area contributed by atoms with E-state index in [1.54, 1.807) is 0 Å². The standard InChI is InChI=1S/C45H38OP2/c1-47(2,3)32-26-22-30(23-27-32)42-34-14-6-10-18-38(34)44(39-19-11-7-15-35(39)42)45-40-20-12-8-16-36(40)43(37-17-9-13-21-41(37)45)31-24-28-33(29-25-31)48(4,5)46/h6-29H,1H2,2-5H3. The highest BCUT2D eigenvalue weighted by Gasteiger charge is 2.22. The van der Waals surface area contributed by atoms with Crippen molar-refractivity contribution in [1.29, 1.82) is 0 Å². The van der Waals surface area contributed by atoms with Gasteiger partial charge >= 0.3 is 0 Å². The molecular weight excluding hydrogens is 618 g/mol. The van der Waals surface area contributed by atoms with Crippen LogP contribution in [0, 0.1) is 0 Å². The van der Waals surface area contributed by atoms with E-state index in [1.165, 1.54) is 76.2 Å². The van der Waals surface area contributed by atoms with Crippen LogP contribution in [0.2, 0.25) is 0 Å². The van der Waals surface area contributed by atoms with E-state index >= 15 is 0 Å². The van der Waals surface area contributed by atoms with E-state index in [0.29, 0.717) is 0 Å². The van der Waals surface area contributed by atoms with Gasteiger partial charge in [-0.3, -0.25) is 0 Å². The minimum absolute atomic E-state index is 0.904. The Morgan fingerprint density at radius 3 is 0.854 bits per heavy atom. The predicted molar refractivity (Wildman–Crippen MR) is 217 cm³/mol. The quantitative estimate of drug-likeness (QED) is 0.133. The van der Waals surface area contributed by atoms with Crippen molar-refractivity contribution in [2.24, 2.45) is 0 Å². The molecule has 8 aromatic carbocycles. The van der Waals surface area contributed by atoms with Gasteiger partial charge in [-0.05, 0) is 108 Å². The zero-order chi connectivity index (χ0) is 33.2. The molecule has 234 valence electrons. The molecule has 0 atom stereocenters. The zero-order valence-electron chi connectivity index (χ0n) is 27.9. The Balaban J connectivity index is 1.49. The van der Waals surface area contributed by atoms with Crippen LogP contribution in [0.15, 0.2) is 146 Å². The number of hydrogen-bond donors (Lipinski definition) is 0. The van der Waals surface area contributed by atoms with E-state index in [-0.39, 0.29) is 0 Å². The molecule has 0 N–H and O–H groups in total. The van der Waals surface area contributed by atoms with E-state index in [4.69, 9.17) is 0 Å². The van der Waals surface area contributed by atoms with Crippen LogP contribution < -0.4 is 10.6 Å². The summed E-state index contributed by atoms with van der Waals surface area (Å²) in [7, 11) is -2.36. The third-order valence-electron chi connectivity index (χ3n) is 9.75. The zero-order valence-corrected chi connectivity index (χ0v) is 29.7. The second kappa shape index (κ2) is 11.5. The normalized spacial score (nSPS) is 12.3. The first-order chi connectivity index (χ1) is 23.1. The van der Waals surface area contributed by atoms with Gasteiger partial charge in [0.2, 0.25) is 0 Å². The fraction of sp³-hybridized carbons (Fsp3) is 0.0889. The van der Waals surface area contributed by atoms with Gasteiger partial charge in [0, 0.05) is 5.30 Å². The molecule has 0 saturated carbocycles. The lowest BCUT2D eigenvalue weighted by atomic mass is 9.81. The molecule has 8 rings (SSSR count). The fourth-order valence-electron chi connectivity index (χ4n) is 7.44. The van der Waals surface area contributed by atoms with Crippen LogP contribution in [-0.2, 0) is 4.57 Å². The van der Waals surface area contributed by atoms with Crippen molar-refractivity contribution in [1.82, 2.24) is 0 Å². The molecule has 8 aromatic rings. The lowest BCUT2D eigenvalue weighted by Crippen LogP contribution is -2.02. The molecule has 1 nitrogen and oxygen atoms in total. The van der Waals surface area contributed by atoms with Crippen LogP contribution in [0.3, 0.4) is 0 Å². The minimum atomic E-state index is -2.36. The smallest absolute Gasteiger partial charge is 0.109 e. The van der Waals surface area contributed by atoms with Gasteiger partial charge in [0.1, 0.15) is 7.14 Å². The average molecular weight is 657 g/mol. The molecule has 0 heterocycles. The largest absolute Gasteiger partial charge is 0.319 e. The monoisotopic (exact) mass is 656 g/mol. The molecule has 0 bridgehead atoms. The van der Waals surface area contributed by atoms with Crippen LogP contribution in [0.5, 0.6) is 0 Å². The molecule has 0 unspecified atom stereocenters. The highest BCUT2D eigenvalue weighted by atomic mass is 31.2. The van der Waals surface area contributed by atoms with Gasteiger partial charge in [-0.1, -0.05) is 159 Å². The van der Waals surface area contributed by atoms with Gasteiger partial charge in [-0.15, -0.1) is 0 Å². The molecule has 0 fully saturated rings. The lowest BCUT2D eigenvalue weighted by molar-refractivity contribution is 0.588. The number of rotatable bonds is 5. The summed E-state index contributed by atoms with van der Waals surface area (Å²) in [5, 5.41) is 12.1. The van der Waals surface area contributed by atoms with E-state index in [9.17, 15) is 4.57 Å². The average Bonchev–Trinajstić information content (AvgIpc) is 3.09. The topological polar surface area (TPSA) is 17.1 Å². The van der Waals surface area contributed by atoms with Crippen molar-refractivity contribution >= 4 is 74.0 Å². The van der Waals surface area contributed by atoms with Gasteiger partial charge in [0.25, 0.3) is 0 Å². The third kappa shape index (κ3) is 5.05. The highest BCUT2D eigenvalue weighted by molar-refractivity contribution is 7.79. The van der Waals surface area contributed by atoms with Crippen molar-refractivity contribution in [3.63, 3.8) is 0 Å². The van der Waals surface area contributed by atoms with Gasteiger partial charge in [-0.25, -0.2) is 0 Å². The van der Waals surface area contributed by atoms with E-state index in [2.05, 4.69) is 153 Å². The van der Waals surface area contributed by atoms with Crippen molar-refractivity contribution in [3.05, 3.63) is 146 Å². The minimum Gasteiger partial charge on any atom is -0.319 e. The number of benzene rings is 8. The summed E-state index contributed by atoms with van der Waals surface area (Å²) in [6, 6.07) is 53.0. The summed E-state index contributed by atoms with van der Waals surface area (Å²) in [5.74, 6) is 0. The van der Waals surface area contributed by atoms with Gasteiger partial charge in [0.15, 0.2) is 0 Å². The molecule has 3 heteroatoms. The SMILES string of the molecule is C=P(C)(C)c1ccc(-c2c3ccccc3c(-c3c4ccccc4c(-c4ccc(P(C)(C)=O)cc4)c4ccccc34)c3ccccc23)cc1. The summed E-state index contributed by atoms with van der Waals surface area (Å²) in [4.78, 5) is 0. The molecule has 0 aliphatic carbocycles. The van der Waals surface area contributed by atoms with Gasteiger partial charge in [0.05, 0.1) is 0 Å². The van der Waals surface area contributed by atoms with E-state index < -0.39 is 14.0 Å². The molecule has 0 spiro atoms. The molecule has 0 saturated heterocycles. The maximum absolute atomic E-state index is 12.9. The summed E-state index contributed by atoms with van der Waals surface area (Å²) in [6.45, 7) is 6.84. The van der Waals surface area contributed by atoms with Crippen molar-refractivity contribution < 1.29 is 4.57 Å². The van der Waals surface area contributed by atoms with Crippen LogP contribution in [-0.4, -0.2) is 33.0 Å². The summed E-state index contributed by atoms with van der Waals surface area (Å²) >= 11 is 0. The van der Waals surface area contributed by atoms with Crippen LogP contribution in [0.1, 0.15) is 0 Å². The third-order valence-corrected chi connectivity index (χ3v) is 13.0. The number of fused-ring (bicyclic) bond motifs is 4. The molecule has 0 aromatic heterocycles. The molecule has 0 aliphatic rings. The van der Waals surface area contributed by atoms with Gasteiger partial charge < -0.3 is 4.57 Å². The molecule has 0 aliphatic heterocycles. The molecule has 0 amide bonds. The van der Waals surface area contributed by atoms with Crippen molar-refractivity contribution in [3.8, 4) is 33.4 Å². The van der Waals surface area contributed by atoms with E-state index in [0.717, 1.165) is 10.9 Å². The Morgan fingerprint density at radius 1 is 0.354 bits per heavy atom. The summed E-state index contributed by atoms with van der Waals surface area (Å²) in [6.07, 6.45) is 4.48. The predicted octanol–water partition coefficient (Wildman–Crippen LogP) is 11.9. The summed E-state index contributed by atoms with van der Waals surface area (Å²) < 4.78 is 12.9. The Morgan fingerprint density at radius 2 is 0.604 bits per heavy atom. The Kier molecular flexibility index (Phi) is 7.34. The Labute approximate surface area is 283 Å². The lowest BCUT2D eigenvalue weighted by Gasteiger charge is -2.22. The van der Waals surface area contributed by atoms with Crippen LogP contribution in [0.4, 0.5) is 0 Å². The Bertz CT molecular complexity index is 2340. The van der Waals surface area contributed by atoms with Crippen LogP contribution >= 0.6 is 14.0 Å². The molecule has 48 heavy (non-hydrogen) atoms. The first-order valence-corrected chi connectivity index (χ1v) is 21.9. The van der Waals surface area contributed by atoms with Crippen molar-refractivity contribution in [2.45, 2.75) is 0 Å². The first-order valence-electron chi connectivity index (χ1n) is 16.4. The van der Waals surface area contributed by atoms with E-state index in [1.807, 2.05) is 25.5 Å². The molecule has 0 radical (unpaired) electrons. The van der Waals surface area contributed by atoms with Crippen LogP contribution in [0.25, 0.3) is 76.5 Å². The Hall–Kier alpha value is -4.67.